The second kappa shape index (κ2) is 7.35. The summed E-state index contributed by atoms with van der Waals surface area (Å²) in [6.45, 7) is 9.64. The molecule has 0 bridgehead atoms. The van der Waals surface area contributed by atoms with Gasteiger partial charge < -0.3 is 0 Å². The second-order valence-electron chi connectivity index (χ2n) is 6.26. The van der Waals surface area contributed by atoms with Gasteiger partial charge in [-0.1, -0.05) is 66.2 Å². The summed E-state index contributed by atoms with van der Waals surface area (Å²) >= 11 is 0. The monoisotopic (exact) mass is 224 g/mol. The largest absolute Gasteiger partial charge is 0.0654 e. The molecule has 0 heteroatoms. The Hall–Kier alpha value is 0. The molecule has 1 saturated carbocycles. The Bertz CT molecular complexity index is 173. The molecule has 0 radical (unpaired) electrons. The van der Waals surface area contributed by atoms with E-state index in [4.69, 9.17) is 0 Å². The lowest BCUT2D eigenvalue weighted by atomic mass is 9.66. The van der Waals surface area contributed by atoms with Crippen LogP contribution in [0.4, 0.5) is 0 Å². The SMILES string of the molecule is CCCCCC1CC(C)CC(C)C1CCC. The summed E-state index contributed by atoms with van der Waals surface area (Å²) in [5.74, 6) is 4.05. The van der Waals surface area contributed by atoms with E-state index >= 15 is 0 Å². The summed E-state index contributed by atoms with van der Waals surface area (Å²) in [4.78, 5) is 0. The van der Waals surface area contributed by atoms with E-state index in [9.17, 15) is 0 Å². The molecule has 1 aliphatic carbocycles. The quantitative estimate of drug-likeness (QED) is 0.510. The molecule has 0 amide bonds. The highest BCUT2D eigenvalue weighted by molar-refractivity contribution is 4.82. The molecule has 1 aliphatic rings. The van der Waals surface area contributed by atoms with Crippen molar-refractivity contribution >= 4 is 0 Å². The molecule has 0 aromatic carbocycles. The zero-order valence-corrected chi connectivity index (χ0v) is 12.0. The van der Waals surface area contributed by atoms with Crippen LogP contribution in [0.3, 0.4) is 0 Å². The summed E-state index contributed by atoms with van der Waals surface area (Å²) in [5, 5.41) is 0. The van der Waals surface area contributed by atoms with Gasteiger partial charge in [0, 0.05) is 0 Å². The molecule has 1 fully saturated rings. The summed E-state index contributed by atoms with van der Waals surface area (Å²) < 4.78 is 0. The Morgan fingerprint density at radius 1 is 0.875 bits per heavy atom. The molecule has 0 aromatic heterocycles. The van der Waals surface area contributed by atoms with Crippen LogP contribution in [-0.4, -0.2) is 0 Å². The van der Waals surface area contributed by atoms with Gasteiger partial charge in [-0.2, -0.15) is 0 Å². The molecule has 0 N–H and O–H groups in total. The van der Waals surface area contributed by atoms with Crippen molar-refractivity contribution < 1.29 is 0 Å². The molecule has 96 valence electrons. The topological polar surface area (TPSA) is 0 Å². The van der Waals surface area contributed by atoms with Crippen molar-refractivity contribution in [2.45, 2.75) is 79.1 Å². The molecule has 1 rings (SSSR count). The van der Waals surface area contributed by atoms with Gasteiger partial charge in [-0.25, -0.2) is 0 Å². The van der Waals surface area contributed by atoms with E-state index in [2.05, 4.69) is 27.7 Å². The van der Waals surface area contributed by atoms with Crippen LogP contribution >= 0.6 is 0 Å². The first-order chi connectivity index (χ1) is 7.69. The smallest absolute Gasteiger partial charge is 0.0360 e. The van der Waals surface area contributed by atoms with Crippen LogP contribution in [0.25, 0.3) is 0 Å². The number of hydrogen-bond donors (Lipinski definition) is 0. The van der Waals surface area contributed by atoms with Crippen LogP contribution in [0.15, 0.2) is 0 Å². The minimum atomic E-state index is 0.981. The van der Waals surface area contributed by atoms with Crippen molar-refractivity contribution in [3.8, 4) is 0 Å². The Morgan fingerprint density at radius 3 is 2.25 bits per heavy atom. The molecule has 0 aliphatic heterocycles. The van der Waals surface area contributed by atoms with Crippen LogP contribution in [0.5, 0.6) is 0 Å². The maximum atomic E-state index is 2.50. The molecule has 0 aromatic rings. The van der Waals surface area contributed by atoms with Crippen molar-refractivity contribution in [1.29, 1.82) is 0 Å². The van der Waals surface area contributed by atoms with Gasteiger partial charge in [0.2, 0.25) is 0 Å². The standard InChI is InChI=1S/C16H32/c1-5-7-8-10-15-12-13(3)11-14(4)16(15)9-6-2/h13-16H,5-12H2,1-4H3. The van der Waals surface area contributed by atoms with Crippen molar-refractivity contribution in [3.63, 3.8) is 0 Å². The summed E-state index contributed by atoms with van der Waals surface area (Å²) in [6, 6.07) is 0. The van der Waals surface area contributed by atoms with Crippen molar-refractivity contribution in [1.82, 2.24) is 0 Å². The first-order valence-electron chi connectivity index (χ1n) is 7.69. The molecule has 0 saturated heterocycles. The van der Waals surface area contributed by atoms with Crippen molar-refractivity contribution in [2.24, 2.45) is 23.7 Å². The third-order valence-electron chi connectivity index (χ3n) is 4.62. The molecular weight excluding hydrogens is 192 g/mol. The minimum Gasteiger partial charge on any atom is -0.0654 e. The molecule has 0 spiro atoms. The zero-order valence-electron chi connectivity index (χ0n) is 12.0. The minimum absolute atomic E-state index is 0.981. The fourth-order valence-electron chi connectivity index (χ4n) is 3.90. The Kier molecular flexibility index (Phi) is 6.46. The second-order valence-corrected chi connectivity index (χ2v) is 6.26. The highest BCUT2D eigenvalue weighted by Crippen LogP contribution is 2.42. The van der Waals surface area contributed by atoms with E-state index in [0.29, 0.717) is 0 Å². The van der Waals surface area contributed by atoms with E-state index < -0.39 is 0 Å². The fourth-order valence-corrected chi connectivity index (χ4v) is 3.90. The van der Waals surface area contributed by atoms with Gasteiger partial charge in [-0.15, -0.1) is 0 Å². The lowest BCUT2D eigenvalue weighted by Crippen LogP contribution is -2.30. The molecule has 4 atom stereocenters. The van der Waals surface area contributed by atoms with Gasteiger partial charge in [0.15, 0.2) is 0 Å². The third kappa shape index (κ3) is 4.11. The maximum absolute atomic E-state index is 2.50. The van der Waals surface area contributed by atoms with Gasteiger partial charge in [-0.05, 0) is 36.5 Å². The van der Waals surface area contributed by atoms with Gasteiger partial charge >= 0.3 is 0 Å². The predicted octanol–water partition coefficient (Wildman–Crippen LogP) is 5.67. The fraction of sp³-hybridized carbons (Fsp3) is 1.00. The highest BCUT2D eigenvalue weighted by atomic mass is 14.4. The number of unbranched alkanes of at least 4 members (excludes halogenated alkanes) is 2. The van der Waals surface area contributed by atoms with Gasteiger partial charge in [0.25, 0.3) is 0 Å². The normalized spacial score (nSPS) is 35.2. The van der Waals surface area contributed by atoms with E-state index in [-0.39, 0.29) is 0 Å². The van der Waals surface area contributed by atoms with Gasteiger partial charge in [-0.3, -0.25) is 0 Å². The number of hydrogen-bond acceptors (Lipinski definition) is 0. The van der Waals surface area contributed by atoms with E-state index in [1.54, 1.807) is 0 Å². The Morgan fingerprint density at radius 2 is 1.62 bits per heavy atom. The zero-order chi connectivity index (χ0) is 12.0. The molecule has 0 heterocycles. The van der Waals surface area contributed by atoms with Crippen molar-refractivity contribution in [3.05, 3.63) is 0 Å². The van der Waals surface area contributed by atoms with Crippen LogP contribution in [0.2, 0.25) is 0 Å². The Balaban J connectivity index is 2.46. The first-order valence-corrected chi connectivity index (χ1v) is 7.69. The van der Waals surface area contributed by atoms with Crippen LogP contribution in [0, 0.1) is 23.7 Å². The van der Waals surface area contributed by atoms with E-state index in [1.807, 2.05) is 0 Å². The van der Waals surface area contributed by atoms with Gasteiger partial charge in [0.1, 0.15) is 0 Å². The molecular formula is C16H32. The molecule has 0 nitrogen and oxygen atoms in total. The molecule has 16 heavy (non-hydrogen) atoms. The van der Waals surface area contributed by atoms with E-state index in [0.717, 1.165) is 23.7 Å². The van der Waals surface area contributed by atoms with E-state index in [1.165, 1.54) is 51.4 Å². The average molecular weight is 224 g/mol. The summed E-state index contributed by atoms with van der Waals surface area (Å²) in [7, 11) is 0. The van der Waals surface area contributed by atoms with Crippen molar-refractivity contribution in [2.75, 3.05) is 0 Å². The van der Waals surface area contributed by atoms with Crippen LogP contribution in [0.1, 0.15) is 79.1 Å². The Labute approximate surface area is 103 Å². The van der Waals surface area contributed by atoms with Gasteiger partial charge in [0.05, 0.1) is 0 Å². The maximum Gasteiger partial charge on any atom is -0.0360 e. The highest BCUT2D eigenvalue weighted by Gasteiger charge is 2.32. The summed E-state index contributed by atoms with van der Waals surface area (Å²) in [5.41, 5.74) is 0. The average Bonchev–Trinajstić information content (AvgIpc) is 2.23. The molecule has 4 unspecified atom stereocenters. The first kappa shape index (κ1) is 14.1. The lowest BCUT2D eigenvalue weighted by molar-refractivity contribution is 0.106. The van der Waals surface area contributed by atoms with Crippen LogP contribution in [-0.2, 0) is 0 Å². The number of rotatable bonds is 6. The predicted molar refractivity (Wildman–Crippen MR) is 73.6 cm³/mol. The van der Waals surface area contributed by atoms with Crippen LogP contribution < -0.4 is 0 Å². The third-order valence-corrected chi connectivity index (χ3v) is 4.62. The summed E-state index contributed by atoms with van der Waals surface area (Å²) in [6.07, 6.45) is 11.6. The lowest BCUT2D eigenvalue weighted by Gasteiger charge is -2.40.